The largest absolute Gasteiger partial charge is 0.382 e. The molecule has 5 nitrogen and oxygen atoms in total. The van der Waals surface area contributed by atoms with Gasteiger partial charge in [0.15, 0.2) is 15.7 Å². The lowest BCUT2D eigenvalue weighted by molar-refractivity contribution is 0.263. The Balaban J connectivity index is 1.91. The molecule has 0 bridgehead atoms. The van der Waals surface area contributed by atoms with Gasteiger partial charge in [-0.1, -0.05) is 20.8 Å². The van der Waals surface area contributed by atoms with Crippen molar-refractivity contribution in [2.24, 2.45) is 11.3 Å². The van der Waals surface area contributed by atoms with Crippen LogP contribution in [-0.2, 0) is 9.84 Å². The highest BCUT2D eigenvalue weighted by atomic mass is 32.2. The number of sulfone groups is 1. The molecule has 1 unspecified atom stereocenters. The standard InChI is InChI=1S/C14H23N3O2S2/c1-14(2,3)9-6-7-17(8-9)13-11(12(15)16-20-13)21(18,19)10-4-5-10/h9-10H,4-8H2,1-3H3,(H2,15,16). The molecule has 7 heteroatoms. The Labute approximate surface area is 130 Å². The van der Waals surface area contributed by atoms with Crippen molar-refractivity contribution in [3.05, 3.63) is 0 Å². The van der Waals surface area contributed by atoms with E-state index >= 15 is 0 Å². The number of nitrogens with zero attached hydrogens (tertiary/aromatic N) is 2. The molecule has 0 aromatic carbocycles. The minimum Gasteiger partial charge on any atom is -0.382 e. The van der Waals surface area contributed by atoms with Crippen LogP contribution >= 0.6 is 11.5 Å². The predicted molar refractivity (Wildman–Crippen MR) is 86.5 cm³/mol. The van der Waals surface area contributed by atoms with E-state index in [1.54, 1.807) is 0 Å². The van der Waals surface area contributed by atoms with Crippen LogP contribution in [-0.4, -0.2) is 31.1 Å². The average Bonchev–Trinajstić information content (AvgIpc) is 2.98. The van der Waals surface area contributed by atoms with Gasteiger partial charge >= 0.3 is 0 Å². The first-order valence-corrected chi connectivity index (χ1v) is 9.77. The van der Waals surface area contributed by atoms with Gasteiger partial charge in [0, 0.05) is 13.1 Å². The lowest BCUT2D eigenvalue weighted by Crippen LogP contribution is -2.26. The zero-order valence-corrected chi connectivity index (χ0v) is 14.4. The average molecular weight is 329 g/mol. The maximum atomic E-state index is 12.6. The Morgan fingerprint density at radius 3 is 2.48 bits per heavy atom. The molecule has 3 rings (SSSR count). The van der Waals surface area contributed by atoms with Gasteiger partial charge < -0.3 is 10.6 Å². The van der Waals surface area contributed by atoms with E-state index in [-0.39, 0.29) is 16.5 Å². The van der Waals surface area contributed by atoms with Crippen molar-refractivity contribution < 1.29 is 8.42 Å². The third kappa shape index (κ3) is 2.65. The second-order valence-corrected chi connectivity index (χ2v) is 10.2. The molecule has 2 aliphatic rings. The first-order valence-electron chi connectivity index (χ1n) is 7.45. The van der Waals surface area contributed by atoms with E-state index in [2.05, 4.69) is 30.0 Å². The fourth-order valence-electron chi connectivity index (χ4n) is 2.95. The predicted octanol–water partition coefficient (Wildman–Crippen LogP) is 2.53. The van der Waals surface area contributed by atoms with Crippen molar-refractivity contribution >= 4 is 32.2 Å². The molecule has 2 N–H and O–H groups in total. The number of rotatable bonds is 3. The third-order valence-corrected chi connectivity index (χ3v) is 7.98. The fraction of sp³-hybridized carbons (Fsp3) is 0.786. The number of aromatic nitrogens is 1. The summed E-state index contributed by atoms with van der Waals surface area (Å²) in [5.74, 6) is 0.749. The SMILES string of the molecule is CC(C)(C)C1CCN(c2snc(N)c2S(=O)(=O)C2CC2)C1. The topological polar surface area (TPSA) is 76.3 Å². The van der Waals surface area contributed by atoms with Crippen molar-refractivity contribution in [3.8, 4) is 0 Å². The second-order valence-electron chi connectivity index (χ2n) is 7.24. The molecule has 2 fully saturated rings. The monoisotopic (exact) mass is 329 g/mol. The molecule has 0 spiro atoms. The molecule has 1 aliphatic carbocycles. The molecule has 0 radical (unpaired) electrons. The van der Waals surface area contributed by atoms with Gasteiger partial charge in [0.05, 0.1) is 5.25 Å². The molecule has 118 valence electrons. The highest BCUT2D eigenvalue weighted by Gasteiger charge is 2.43. The van der Waals surface area contributed by atoms with Crippen LogP contribution in [0.5, 0.6) is 0 Å². The van der Waals surface area contributed by atoms with Crippen molar-refractivity contribution in [2.75, 3.05) is 23.7 Å². The Hall–Kier alpha value is -0.820. The van der Waals surface area contributed by atoms with Crippen molar-refractivity contribution in [1.82, 2.24) is 4.37 Å². The second kappa shape index (κ2) is 4.84. The Morgan fingerprint density at radius 1 is 1.29 bits per heavy atom. The van der Waals surface area contributed by atoms with E-state index in [1.807, 2.05) is 0 Å². The molecule has 1 saturated carbocycles. The molecule has 1 atom stereocenters. The van der Waals surface area contributed by atoms with Crippen LogP contribution in [0.4, 0.5) is 10.8 Å². The lowest BCUT2D eigenvalue weighted by Gasteiger charge is -2.27. The molecule has 21 heavy (non-hydrogen) atoms. The molecule has 1 saturated heterocycles. The van der Waals surface area contributed by atoms with E-state index in [0.29, 0.717) is 10.8 Å². The van der Waals surface area contributed by atoms with Crippen LogP contribution in [0.3, 0.4) is 0 Å². The summed E-state index contributed by atoms with van der Waals surface area (Å²) in [4.78, 5) is 2.46. The highest BCUT2D eigenvalue weighted by Crippen LogP contribution is 2.45. The van der Waals surface area contributed by atoms with Crippen LogP contribution in [0.25, 0.3) is 0 Å². The smallest absolute Gasteiger partial charge is 0.187 e. The number of hydrogen-bond acceptors (Lipinski definition) is 6. The summed E-state index contributed by atoms with van der Waals surface area (Å²) in [6.07, 6.45) is 2.59. The van der Waals surface area contributed by atoms with Gasteiger partial charge in [-0.3, -0.25) is 0 Å². The summed E-state index contributed by atoms with van der Waals surface area (Å²) in [5.41, 5.74) is 6.11. The molecule has 0 amide bonds. The molecule has 2 heterocycles. The number of hydrogen-bond donors (Lipinski definition) is 1. The van der Waals surface area contributed by atoms with Gasteiger partial charge in [0.2, 0.25) is 0 Å². The van der Waals surface area contributed by atoms with E-state index < -0.39 is 9.84 Å². The summed E-state index contributed by atoms with van der Waals surface area (Å²) in [7, 11) is -3.29. The van der Waals surface area contributed by atoms with Crippen LogP contribution in [0.1, 0.15) is 40.0 Å². The van der Waals surface area contributed by atoms with E-state index in [9.17, 15) is 8.42 Å². The normalized spacial score (nSPS) is 23.8. The zero-order chi connectivity index (χ0) is 15.4. The van der Waals surface area contributed by atoms with Gasteiger partial charge in [-0.05, 0) is 42.1 Å². The first kappa shape index (κ1) is 15.1. The Morgan fingerprint density at radius 2 is 1.95 bits per heavy atom. The number of nitrogens with two attached hydrogens (primary N) is 1. The van der Waals surface area contributed by atoms with E-state index in [4.69, 9.17) is 5.73 Å². The van der Waals surface area contributed by atoms with Crippen LogP contribution < -0.4 is 10.6 Å². The third-order valence-electron chi connectivity index (χ3n) is 4.61. The summed E-state index contributed by atoms with van der Waals surface area (Å²) >= 11 is 1.23. The molecule has 1 aromatic heterocycles. The van der Waals surface area contributed by atoms with E-state index in [1.165, 1.54) is 11.5 Å². The minimum absolute atomic E-state index is 0.182. The first-order chi connectivity index (χ1) is 9.71. The van der Waals surface area contributed by atoms with Crippen molar-refractivity contribution in [2.45, 2.75) is 50.2 Å². The summed E-state index contributed by atoms with van der Waals surface area (Å²) in [6, 6.07) is 0. The van der Waals surface area contributed by atoms with Crippen molar-refractivity contribution in [3.63, 3.8) is 0 Å². The molecule has 1 aliphatic heterocycles. The van der Waals surface area contributed by atoms with Gasteiger partial charge in [0.25, 0.3) is 0 Å². The van der Waals surface area contributed by atoms with Crippen LogP contribution in [0.2, 0.25) is 0 Å². The van der Waals surface area contributed by atoms with Crippen LogP contribution in [0, 0.1) is 11.3 Å². The van der Waals surface area contributed by atoms with E-state index in [0.717, 1.165) is 37.4 Å². The summed E-state index contributed by atoms with van der Waals surface area (Å²) in [6.45, 7) is 8.49. The van der Waals surface area contributed by atoms with Crippen LogP contribution in [0.15, 0.2) is 4.90 Å². The molecule has 1 aromatic rings. The van der Waals surface area contributed by atoms with Crippen molar-refractivity contribution in [1.29, 1.82) is 0 Å². The maximum Gasteiger partial charge on any atom is 0.187 e. The van der Waals surface area contributed by atoms with Gasteiger partial charge in [0.1, 0.15) is 9.90 Å². The van der Waals surface area contributed by atoms with Gasteiger partial charge in [-0.25, -0.2) is 8.42 Å². The molecular formula is C14H23N3O2S2. The highest BCUT2D eigenvalue weighted by molar-refractivity contribution is 7.92. The number of anilines is 2. The zero-order valence-electron chi connectivity index (χ0n) is 12.8. The van der Waals surface area contributed by atoms with Gasteiger partial charge in [-0.15, -0.1) is 0 Å². The fourth-order valence-corrected chi connectivity index (χ4v) is 6.01. The summed E-state index contributed by atoms with van der Waals surface area (Å²) < 4.78 is 29.3. The summed E-state index contributed by atoms with van der Waals surface area (Å²) in [5, 5.41) is 0.516. The van der Waals surface area contributed by atoms with Gasteiger partial charge in [-0.2, -0.15) is 4.37 Å². The Bertz CT molecular complexity index is 642. The minimum atomic E-state index is -3.29. The lowest BCUT2D eigenvalue weighted by atomic mass is 9.80. The Kier molecular flexibility index (Phi) is 3.48. The molecular weight excluding hydrogens is 306 g/mol. The maximum absolute atomic E-state index is 12.6. The number of nitrogen functional groups attached to an aromatic ring is 1. The quantitative estimate of drug-likeness (QED) is 0.922.